The van der Waals surface area contributed by atoms with E-state index in [1.165, 1.54) is 11.3 Å². The van der Waals surface area contributed by atoms with Crippen LogP contribution in [0.15, 0.2) is 41.3 Å². The molecule has 0 bridgehead atoms. The van der Waals surface area contributed by atoms with Gasteiger partial charge in [-0.1, -0.05) is 6.07 Å². The molecular weight excluding hydrogens is 378 g/mol. The van der Waals surface area contributed by atoms with Gasteiger partial charge < -0.3 is 10.6 Å². The van der Waals surface area contributed by atoms with E-state index in [0.29, 0.717) is 6.54 Å². The Bertz CT molecular complexity index is 798. The lowest BCUT2D eigenvalue weighted by molar-refractivity contribution is -0.117. The predicted octanol–water partition coefficient (Wildman–Crippen LogP) is 3.61. The molecule has 7 heteroatoms. The maximum Gasteiger partial charge on any atom is 0.261 e. The van der Waals surface area contributed by atoms with Gasteiger partial charge >= 0.3 is 0 Å². The third-order valence-corrected chi connectivity index (χ3v) is 6.33. The van der Waals surface area contributed by atoms with Crippen LogP contribution in [0.25, 0.3) is 0 Å². The SMILES string of the molecule is CSc1cccc(NC(=O)CN2CCC(NC(=O)c3ccc(C)s3)CC2)c1. The number of anilines is 1. The second kappa shape index (κ2) is 9.39. The highest BCUT2D eigenvalue weighted by molar-refractivity contribution is 7.98. The molecule has 2 aromatic rings. The number of aryl methyl sites for hydroxylation is 1. The summed E-state index contributed by atoms with van der Waals surface area (Å²) < 4.78 is 0. The Morgan fingerprint density at radius 1 is 1.22 bits per heavy atom. The Labute approximate surface area is 168 Å². The number of piperidine rings is 1. The molecule has 1 aromatic carbocycles. The minimum Gasteiger partial charge on any atom is -0.349 e. The highest BCUT2D eigenvalue weighted by Gasteiger charge is 2.23. The van der Waals surface area contributed by atoms with E-state index in [1.807, 2.05) is 49.6 Å². The molecule has 0 atom stereocenters. The number of hydrogen-bond acceptors (Lipinski definition) is 5. The van der Waals surface area contributed by atoms with Gasteiger partial charge in [0.25, 0.3) is 5.91 Å². The van der Waals surface area contributed by atoms with E-state index >= 15 is 0 Å². The lowest BCUT2D eigenvalue weighted by Crippen LogP contribution is -2.46. The molecule has 1 aliphatic rings. The number of nitrogens with one attached hydrogen (secondary N) is 2. The number of benzene rings is 1. The van der Waals surface area contributed by atoms with Crippen LogP contribution < -0.4 is 10.6 Å². The minimum absolute atomic E-state index is 0.00444. The molecular formula is C20H25N3O2S2. The highest BCUT2D eigenvalue weighted by Crippen LogP contribution is 2.19. The average Bonchev–Trinajstić information content (AvgIpc) is 3.10. The molecule has 2 amide bonds. The maximum absolute atomic E-state index is 12.3. The molecule has 5 nitrogen and oxygen atoms in total. The van der Waals surface area contributed by atoms with Crippen molar-refractivity contribution in [1.29, 1.82) is 0 Å². The molecule has 3 rings (SSSR count). The van der Waals surface area contributed by atoms with Crippen LogP contribution in [-0.4, -0.2) is 48.6 Å². The molecule has 1 aromatic heterocycles. The van der Waals surface area contributed by atoms with Gasteiger partial charge in [0.15, 0.2) is 0 Å². The molecule has 2 N–H and O–H groups in total. The fraction of sp³-hybridized carbons (Fsp3) is 0.400. The zero-order chi connectivity index (χ0) is 19.2. The lowest BCUT2D eigenvalue weighted by atomic mass is 10.0. The van der Waals surface area contributed by atoms with Crippen molar-refractivity contribution in [3.05, 3.63) is 46.2 Å². The van der Waals surface area contributed by atoms with E-state index in [1.54, 1.807) is 11.8 Å². The first kappa shape index (κ1) is 19.9. The van der Waals surface area contributed by atoms with Crippen LogP contribution >= 0.6 is 23.1 Å². The molecule has 27 heavy (non-hydrogen) atoms. The smallest absolute Gasteiger partial charge is 0.261 e. The molecule has 2 heterocycles. The van der Waals surface area contributed by atoms with Crippen molar-refractivity contribution in [2.24, 2.45) is 0 Å². The quantitative estimate of drug-likeness (QED) is 0.724. The number of likely N-dealkylation sites (tertiary alicyclic amines) is 1. The first-order valence-electron chi connectivity index (χ1n) is 9.07. The molecule has 0 saturated carbocycles. The van der Waals surface area contributed by atoms with Crippen molar-refractivity contribution in [3.8, 4) is 0 Å². The first-order chi connectivity index (χ1) is 13.0. The van der Waals surface area contributed by atoms with Gasteiger partial charge in [0, 0.05) is 34.6 Å². The van der Waals surface area contributed by atoms with E-state index in [0.717, 1.165) is 46.3 Å². The third-order valence-electron chi connectivity index (χ3n) is 4.61. The van der Waals surface area contributed by atoms with Crippen LogP contribution in [0, 0.1) is 6.92 Å². The van der Waals surface area contributed by atoms with Crippen LogP contribution in [-0.2, 0) is 4.79 Å². The standard InChI is InChI=1S/C20H25N3O2S2/c1-14-6-7-18(27-14)20(25)22-15-8-10-23(11-9-15)13-19(24)21-16-4-3-5-17(12-16)26-2/h3-7,12,15H,8-11,13H2,1-2H3,(H,21,24)(H,22,25). The molecule has 1 saturated heterocycles. The van der Waals surface area contributed by atoms with E-state index < -0.39 is 0 Å². The largest absolute Gasteiger partial charge is 0.349 e. The number of hydrogen-bond donors (Lipinski definition) is 2. The van der Waals surface area contributed by atoms with Crippen LogP contribution in [0.1, 0.15) is 27.4 Å². The van der Waals surface area contributed by atoms with Crippen molar-refractivity contribution in [2.75, 3.05) is 31.2 Å². The number of carbonyl (C=O) groups excluding carboxylic acids is 2. The molecule has 0 unspecified atom stereocenters. The summed E-state index contributed by atoms with van der Waals surface area (Å²) in [6.45, 7) is 4.01. The number of rotatable bonds is 6. The van der Waals surface area contributed by atoms with E-state index in [4.69, 9.17) is 0 Å². The van der Waals surface area contributed by atoms with Crippen molar-refractivity contribution >= 4 is 40.6 Å². The topological polar surface area (TPSA) is 61.4 Å². The number of nitrogens with zero attached hydrogens (tertiary/aromatic N) is 1. The lowest BCUT2D eigenvalue weighted by Gasteiger charge is -2.31. The Hall–Kier alpha value is -1.83. The van der Waals surface area contributed by atoms with Crippen LogP contribution in [0.4, 0.5) is 5.69 Å². The van der Waals surface area contributed by atoms with Gasteiger partial charge in [-0.2, -0.15) is 0 Å². The van der Waals surface area contributed by atoms with Crippen molar-refractivity contribution in [3.63, 3.8) is 0 Å². The van der Waals surface area contributed by atoms with Gasteiger partial charge in [0.2, 0.25) is 5.91 Å². The van der Waals surface area contributed by atoms with Crippen LogP contribution in [0.5, 0.6) is 0 Å². The monoisotopic (exact) mass is 403 g/mol. The molecule has 1 aliphatic heterocycles. The Balaban J connectivity index is 1.42. The van der Waals surface area contributed by atoms with Crippen molar-refractivity contribution in [1.82, 2.24) is 10.2 Å². The van der Waals surface area contributed by atoms with Gasteiger partial charge in [0.1, 0.15) is 0 Å². The van der Waals surface area contributed by atoms with E-state index in [9.17, 15) is 9.59 Å². The summed E-state index contributed by atoms with van der Waals surface area (Å²) in [5.74, 6) is 0.0165. The van der Waals surface area contributed by atoms with Crippen molar-refractivity contribution < 1.29 is 9.59 Å². The summed E-state index contributed by atoms with van der Waals surface area (Å²) in [7, 11) is 0. The third kappa shape index (κ3) is 5.82. The summed E-state index contributed by atoms with van der Waals surface area (Å²) in [6, 6.07) is 11.9. The molecule has 0 aliphatic carbocycles. The van der Waals surface area contributed by atoms with Crippen LogP contribution in [0.3, 0.4) is 0 Å². The normalized spacial score (nSPS) is 15.5. The van der Waals surface area contributed by atoms with Gasteiger partial charge in [0.05, 0.1) is 11.4 Å². The van der Waals surface area contributed by atoms with Gasteiger partial charge in [-0.25, -0.2) is 0 Å². The zero-order valence-corrected chi connectivity index (χ0v) is 17.3. The minimum atomic E-state index is 0.00444. The second-order valence-corrected chi connectivity index (χ2v) is 8.88. The van der Waals surface area contributed by atoms with Crippen molar-refractivity contribution in [2.45, 2.75) is 30.7 Å². The fourth-order valence-corrected chi connectivity index (χ4v) is 4.38. The Morgan fingerprint density at radius 2 is 2.00 bits per heavy atom. The molecule has 144 valence electrons. The molecule has 0 radical (unpaired) electrons. The van der Waals surface area contributed by atoms with Gasteiger partial charge in [-0.3, -0.25) is 14.5 Å². The summed E-state index contributed by atoms with van der Waals surface area (Å²) in [4.78, 5) is 29.7. The van der Waals surface area contributed by atoms with E-state index in [-0.39, 0.29) is 17.9 Å². The Kier molecular flexibility index (Phi) is 6.93. The fourth-order valence-electron chi connectivity index (χ4n) is 3.15. The molecule has 1 fully saturated rings. The molecule has 0 spiro atoms. The highest BCUT2D eigenvalue weighted by atomic mass is 32.2. The van der Waals surface area contributed by atoms with E-state index in [2.05, 4.69) is 15.5 Å². The first-order valence-corrected chi connectivity index (χ1v) is 11.1. The number of amides is 2. The number of carbonyl (C=O) groups is 2. The van der Waals surface area contributed by atoms with Gasteiger partial charge in [-0.15, -0.1) is 23.1 Å². The average molecular weight is 404 g/mol. The van der Waals surface area contributed by atoms with Gasteiger partial charge in [-0.05, 0) is 56.4 Å². The van der Waals surface area contributed by atoms with Crippen LogP contribution in [0.2, 0.25) is 0 Å². The number of thioether (sulfide) groups is 1. The Morgan fingerprint density at radius 3 is 2.67 bits per heavy atom. The summed E-state index contributed by atoms with van der Waals surface area (Å²) in [6.07, 6.45) is 3.75. The zero-order valence-electron chi connectivity index (χ0n) is 15.7. The number of thiophene rings is 1. The predicted molar refractivity (Wildman–Crippen MR) is 113 cm³/mol. The summed E-state index contributed by atoms with van der Waals surface area (Å²) in [5, 5.41) is 6.09. The summed E-state index contributed by atoms with van der Waals surface area (Å²) >= 11 is 3.17. The summed E-state index contributed by atoms with van der Waals surface area (Å²) in [5.41, 5.74) is 0.834. The second-order valence-electron chi connectivity index (χ2n) is 6.71. The maximum atomic E-state index is 12.3.